The zero-order chi connectivity index (χ0) is 23.6. The molecule has 0 aliphatic carbocycles. The third kappa shape index (κ3) is 9.59. The maximum absolute atomic E-state index is 11.4. The summed E-state index contributed by atoms with van der Waals surface area (Å²) in [4.78, 5) is 42.0. The van der Waals surface area contributed by atoms with Crippen molar-refractivity contribution in [2.45, 2.75) is 38.3 Å². The molecule has 2 heterocycles. The second kappa shape index (κ2) is 12.0. The lowest BCUT2D eigenvalue weighted by Gasteiger charge is -2.25. The van der Waals surface area contributed by atoms with Gasteiger partial charge >= 0.3 is 24.1 Å². The number of anilines is 1. The number of nitrogens with zero attached hydrogens (tertiary/aromatic N) is 3. The maximum atomic E-state index is 11.4. The third-order valence-corrected chi connectivity index (χ3v) is 4.09. The van der Waals surface area contributed by atoms with Crippen LogP contribution in [0.15, 0.2) is 6.07 Å². The van der Waals surface area contributed by atoms with E-state index in [9.17, 15) is 22.8 Å². The highest BCUT2D eigenvalue weighted by Crippen LogP contribution is 2.25. The van der Waals surface area contributed by atoms with E-state index in [1.54, 1.807) is 11.0 Å². The first kappa shape index (κ1) is 26.1. The van der Waals surface area contributed by atoms with Gasteiger partial charge in [0.25, 0.3) is 0 Å². The summed E-state index contributed by atoms with van der Waals surface area (Å²) in [6.07, 6.45) is -3.09. The minimum atomic E-state index is -5.08. The molecule has 0 spiro atoms. The number of hydrogen-bond donors (Lipinski definition) is 2. The number of esters is 1. The first-order chi connectivity index (χ1) is 14.4. The number of carbonyl (C=O) groups is 3. The fourth-order valence-electron chi connectivity index (χ4n) is 2.63. The van der Waals surface area contributed by atoms with Gasteiger partial charge in [-0.05, 0) is 19.8 Å². The lowest BCUT2D eigenvalue weighted by molar-refractivity contribution is -0.192. The van der Waals surface area contributed by atoms with Crippen molar-refractivity contribution in [2.24, 2.45) is 0 Å². The van der Waals surface area contributed by atoms with Gasteiger partial charge in [0.15, 0.2) is 0 Å². The number of hydrogen-bond acceptors (Lipinski definition) is 8. The van der Waals surface area contributed by atoms with Crippen LogP contribution in [-0.4, -0.2) is 77.7 Å². The molecular formula is C18H24F3N3O7. The first-order valence-corrected chi connectivity index (χ1v) is 9.21. The molecule has 1 atom stereocenters. The highest BCUT2D eigenvalue weighted by atomic mass is 19.4. The lowest BCUT2D eigenvalue weighted by Crippen LogP contribution is -2.33. The summed E-state index contributed by atoms with van der Waals surface area (Å²) in [5.74, 6) is -2.85. The van der Waals surface area contributed by atoms with Gasteiger partial charge in [0, 0.05) is 30.8 Å². The van der Waals surface area contributed by atoms with Crippen LogP contribution in [0, 0.1) is 6.92 Å². The topological polar surface area (TPSA) is 139 Å². The maximum Gasteiger partial charge on any atom is 0.490 e. The van der Waals surface area contributed by atoms with Crippen LogP contribution < -0.4 is 4.90 Å². The van der Waals surface area contributed by atoms with Gasteiger partial charge in [0.2, 0.25) is 0 Å². The van der Waals surface area contributed by atoms with Gasteiger partial charge < -0.3 is 24.6 Å². The van der Waals surface area contributed by atoms with Crippen LogP contribution in [0.5, 0.6) is 0 Å². The van der Waals surface area contributed by atoms with E-state index in [-0.39, 0.29) is 25.4 Å². The number of carboxylic acids is 2. The van der Waals surface area contributed by atoms with Crippen molar-refractivity contribution in [3.05, 3.63) is 17.6 Å². The summed E-state index contributed by atoms with van der Waals surface area (Å²) in [5, 5.41) is 16.3. The Morgan fingerprint density at radius 1 is 1.29 bits per heavy atom. The molecule has 0 aromatic carbocycles. The van der Waals surface area contributed by atoms with E-state index in [0.717, 1.165) is 25.1 Å². The van der Waals surface area contributed by atoms with Crippen molar-refractivity contribution in [2.75, 3.05) is 38.3 Å². The fourth-order valence-corrected chi connectivity index (χ4v) is 2.63. The molecule has 0 amide bonds. The summed E-state index contributed by atoms with van der Waals surface area (Å²) in [6, 6.07) is 1.73. The number of aromatic nitrogens is 2. The molecular weight excluding hydrogens is 427 g/mol. The second-order valence-corrected chi connectivity index (χ2v) is 6.58. The molecule has 2 rings (SSSR count). The Morgan fingerprint density at radius 2 is 1.94 bits per heavy atom. The summed E-state index contributed by atoms with van der Waals surface area (Å²) in [6.45, 7) is 3.14. The van der Waals surface area contributed by atoms with Crippen molar-refractivity contribution in [1.29, 1.82) is 0 Å². The molecule has 0 saturated carbocycles. The SMILES string of the molecule is COC(=O)CCN(CC(=O)O)c1cc(C)nc(C2CCCOC2)n1.O=C(O)C(F)(F)F. The summed E-state index contributed by atoms with van der Waals surface area (Å²) in [5.41, 5.74) is 0.758. The van der Waals surface area contributed by atoms with E-state index in [4.69, 9.17) is 19.7 Å². The molecule has 10 nitrogen and oxygen atoms in total. The number of aryl methyl sites for hydroxylation is 1. The van der Waals surface area contributed by atoms with Gasteiger partial charge in [0.05, 0.1) is 20.1 Å². The number of alkyl halides is 3. The van der Waals surface area contributed by atoms with E-state index in [1.165, 1.54) is 7.11 Å². The zero-order valence-corrected chi connectivity index (χ0v) is 17.0. The van der Waals surface area contributed by atoms with Crippen molar-refractivity contribution < 1.29 is 47.2 Å². The Kier molecular flexibility index (Phi) is 10.1. The molecule has 1 aliphatic heterocycles. The van der Waals surface area contributed by atoms with Crippen LogP contribution in [0.1, 0.15) is 36.7 Å². The molecule has 1 aliphatic rings. The Labute approximate surface area is 176 Å². The molecule has 1 fully saturated rings. The quantitative estimate of drug-likeness (QED) is 0.590. The number of halogens is 3. The van der Waals surface area contributed by atoms with E-state index in [1.807, 2.05) is 6.92 Å². The highest BCUT2D eigenvalue weighted by molar-refractivity contribution is 5.74. The van der Waals surface area contributed by atoms with Gasteiger partial charge in [-0.2, -0.15) is 13.2 Å². The van der Waals surface area contributed by atoms with Crippen molar-refractivity contribution >= 4 is 23.7 Å². The Morgan fingerprint density at radius 3 is 2.42 bits per heavy atom. The minimum Gasteiger partial charge on any atom is -0.480 e. The molecule has 0 radical (unpaired) electrons. The highest BCUT2D eigenvalue weighted by Gasteiger charge is 2.38. The summed E-state index contributed by atoms with van der Waals surface area (Å²) >= 11 is 0. The third-order valence-electron chi connectivity index (χ3n) is 4.09. The van der Waals surface area contributed by atoms with E-state index in [0.29, 0.717) is 18.2 Å². The second-order valence-electron chi connectivity index (χ2n) is 6.58. The average Bonchev–Trinajstić information content (AvgIpc) is 2.70. The number of aliphatic carboxylic acids is 2. The molecule has 2 N–H and O–H groups in total. The van der Waals surface area contributed by atoms with Crippen LogP contribution in [-0.2, 0) is 23.9 Å². The largest absolute Gasteiger partial charge is 0.490 e. The average molecular weight is 451 g/mol. The number of carbonyl (C=O) groups excluding carboxylic acids is 1. The van der Waals surface area contributed by atoms with E-state index >= 15 is 0 Å². The van der Waals surface area contributed by atoms with Crippen LogP contribution in [0.2, 0.25) is 0 Å². The van der Waals surface area contributed by atoms with Crippen LogP contribution in [0.25, 0.3) is 0 Å². The predicted molar refractivity (Wildman–Crippen MR) is 99.7 cm³/mol. The summed E-state index contributed by atoms with van der Waals surface area (Å²) < 4.78 is 41.8. The van der Waals surface area contributed by atoms with Gasteiger partial charge in [-0.15, -0.1) is 0 Å². The lowest BCUT2D eigenvalue weighted by atomic mass is 10.0. The van der Waals surface area contributed by atoms with Gasteiger partial charge in [0.1, 0.15) is 18.2 Å². The minimum absolute atomic E-state index is 0.0920. The van der Waals surface area contributed by atoms with Crippen molar-refractivity contribution in [3.63, 3.8) is 0 Å². The zero-order valence-electron chi connectivity index (χ0n) is 17.0. The van der Waals surface area contributed by atoms with Gasteiger partial charge in [-0.1, -0.05) is 0 Å². The molecule has 31 heavy (non-hydrogen) atoms. The molecule has 1 aromatic rings. The molecule has 1 aromatic heterocycles. The Hall–Kier alpha value is -2.96. The monoisotopic (exact) mass is 451 g/mol. The van der Waals surface area contributed by atoms with Crippen LogP contribution >= 0.6 is 0 Å². The number of rotatable bonds is 7. The van der Waals surface area contributed by atoms with E-state index in [2.05, 4.69) is 14.7 Å². The number of methoxy groups -OCH3 is 1. The molecule has 1 saturated heterocycles. The van der Waals surface area contributed by atoms with Crippen molar-refractivity contribution in [3.8, 4) is 0 Å². The van der Waals surface area contributed by atoms with Crippen molar-refractivity contribution in [1.82, 2.24) is 9.97 Å². The smallest absolute Gasteiger partial charge is 0.480 e. The molecule has 13 heteroatoms. The number of carboxylic acid groups (broad SMARTS) is 2. The number of ether oxygens (including phenoxy) is 2. The predicted octanol–water partition coefficient (Wildman–Crippen LogP) is 1.77. The fraction of sp³-hybridized carbons (Fsp3) is 0.611. The van der Waals surface area contributed by atoms with E-state index < -0.39 is 24.1 Å². The van der Waals surface area contributed by atoms with Gasteiger partial charge in [-0.3, -0.25) is 9.59 Å². The Balaban J connectivity index is 0.000000592. The van der Waals surface area contributed by atoms with Gasteiger partial charge in [-0.25, -0.2) is 14.8 Å². The standard InChI is InChI=1S/C16H23N3O5.C2HF3O2/c1-11-8-13(18-16(17-11)12-4-3-7-24-10-12)19(9-14(20)21)6-5-15(22)23-2;3-2(4,5)1(6)7/h8,12H,3-7,9-10H2,1-2H3,(H,20,21);(H,6,7). The molecule has 0 bridgehead atoms. The van der Waals surface area contributed by atoms with Crippen LogP contribution in [0.3, 0.4) is 0 Å². The normalized spacial score (nSPS) is 16.0. The summed E-state index contributed by atoms with van der Waals surface area (Å²) in [7, 11) is 1.31. The molecule has 174 valence electrons. The first-order valence-electron chi connectivity index (χ1n) is 9.21. The van der Waals surface area contributed by atoms with Crippen LogP contribution in [0.4, 0.5) is 19.0 Å². The molecule has 1 unspecified atom stereocenters. The Bertz CT molecular complexity index is 768.